The van der Waals surface area contributed by atoms with Gasteiger partial charge in [0.15, 0.2) is 0 Å². The van der Waals surface area contributed by atoms with Crippen LogP contribution >= 0.6 is 0 Å². The molecule has 0 aliphatic heterocycles. The first-order chi connectivity index (χ1) is 38.2. The summed E-state index contributed by atoms with van der Waals surface area (Å²) in [6.45, 7) is 0. The second-order valence-electron chi connectivity index (χ2n) is 20.3. The highest BCUT2D eigenvalue weighted by atomic mass is 15.2. The summed E-state index contributed by atoms with van der Waals surface area (Å²) in [6, 6.07) is 95.2. The molecule has 0 radical (unpaired) electrons. The van der Waals surface area contributed by atoms with Crippen molar-refractivity contribution in [3.05, 3.63) is 261 Å². The third-order valence-electron chi connectivity index (χ3n) is 16.3. The van der Waals surface area contributed by atoms with Crippen molar-refractivity contribution < 1.29 is 0 Å². The highest BCUT2D eigenvalue weighted by Crippen LogP contribution is 2.45. The molecule has 6 aromatic heterocycles. The van der Waals surface area contributed by atoms with E-state index in [0.717, 1.165) is 89.4 Å². The number of para-hydroxylation sites is 7. The van der Waals surface area contributed by atoms with E-state index in [2.05, 4.69) is 284 Å². The Hall–Kier alpha value is -10.4. The average Bonchev–Trinajstić information content (AvgIpc) is 4.51. The van der Waals surface area contributed by atoms with Crippen LogP contribution in [-0.2, 0) is 0 Å². The lowest BCUT2D eigenvalue weighted by molar-refractivity contribution is 1.01. The molecule has 0 bridgehead atoms. The van der Waals surface area contributed by atoms with Crippen LogP contribution < -0.4 is 0 Å². The van der Waals surface area contributed by atoms with Crippen LogP contribution in [0.2, 0.25) is 0 Å². The Kier molecular flexibility index (Phi) is 8.74. The zero-order valence-corrected chi connectivity index (χ0v) is 41.6. The smallest absolute Gasteiger partial charge is 0.140 e. The van der Waals surface area contributed by atoms with Crippen molar-refractivity contribution in [3.8, 4) is 45.3 Å². The summed E-state index contributed by atoms with van der Waals surface area (Å²) < 4.78 is 9.73. The standard InChI is InChI=1S/C71H44N6/c1-3-19-44(20-4-1)59-43-47(74-61-30-14-8-24-50(61)51-25-9-15-31-62(51)74)35-36-48(59)45-41-66(76-64-33-17-11-26-52(64)56-38-37-55-49-23-7-13-29-60(49)72-68(55)69(56)76)73-67(42-45)77-65-34-18-12-28-54(65)58-40-39-57-53-27-10-16-32-63(53)75(70(57)71(58)77)46-21-5-2-6-22-46/h1-43,72H. The third kappa shape index (κ3) is 5.98. The van der Waals surface area contributed by atoms with Gasteiger partial charge in [0.2, 0.25) is 0 Å². The average molecular weight is 981 g/mol. The molecule has 17 rings (SSSR count). The van der Waals surface area contributed by atoms with E-state index in [1.165, 1.54) is 64.9 Å². The second kappa shape index (κ2) is 16.0. The third-order valence-corrected chi connectivity index (χ3v) is 16.3. The molecule has 11 aromatic carbocycles. The van der Waals surface area contributed by atoms with Gasteiger partial charge in [-0.15, -0.1) is 0 Å². The zero-order valence-electron chi connectivity index (χ0n) is 41.6. The lowest BCUT2D eigenvalue weighted by Gasteiger charge is -2.18. The van der Waals surface area contributed by atoms with Gasteiger partial charge < -0.3 is 14.1 Å². The number of hydrogen-bond donors (Lipinski definition) is 1. The highest BCUT2D eigenvalue weighted by molar-refractivity contribution is 6.25. The first-order valence-corrected chi connectivity index (χ1v) is 26.4. The van der Waals surface area contributed by atoms with Gasteiger partial charge in [-0.3, -0.25) is 9.13 Å². The first kappa shape index (κ1) is 42.0. The molecule has 0 amide bonds. The molecule has 17 aromatic rings. The van der Waals surface area contributed by atoms with Crippen molar-refractivity contribution in [2.24, 2.45) is 0 Å². The molecule has 6 heterocycles. The zero-order chi connectivity index (χ0) is 50.3. The second-order valence-corrected chi connectivity index (χ2v) is 20.3. The molecular weight excluding hydrogens is 937 g/mol. The number of fused-ring (bicyclic) bond motifs is 17. The molecule has 0 fully saturated rings. The fraction of sp³-hybridized carbons (Fsp3) is 0. The Balaban J connectivity index is 1.03. The summed E-state index contributed by atoms with van der Waals surface area (Å²) in [4.78, 5) is 9.90. The normalized spacial score (nSPS) is 12.2. The van der Waals surface area contributed by atoms with Crippen LogP contribution in [0.1, 0.15) is 0 Å². The van der Waals surface area contributed by atoms with Gasteiger partial charge in [-0.25, -0.2) is 4.98 Å². The van der Waals surface area contributed by atoms with E-state index < -0.39 is 0 Å². The minimum absolute atomic E-state index is 0.821. The fourth-order valence-electron chi connectivity index (χ4n) is 13.1. The Labute approximate surface area is 441 Å². The highest BCUT2D eigenvalue weighted by Gasteiger charge is 2.25. The van der Waals surface area contributed by atoms with Gasteiger partial charge in [0.05, 0.1) is 49.7 Å². The van der Waals surface area contributed by atoms with Crippen molar-refractivity contribution in [3.63, 3.8) is 0 Å². The topological polar surface area (TPSA) is 48.4 Å². The van der Waals surface area contributed by atoms with Crippen LogP contribution in [0.5, 0.6) is 0 Å². The van der Waals surface area contributed by atoms with Crippen LogP contribution in [0.3, 0.4) is 0 Å². The minimum Gasteiger partial charge on any atom is -0.353 e. The van der Waals surface area contributed by atoms with E-state index in [1.54, 1.807) is 0 Å². The maximum atomic E-state index is 6.00. The largest absolute Gasteiger partial charge is 0.353 e. The number of nitrogens with zero attached hydrogens (tertiary/aromatic N) is 5. The minimum atomic E-state index is 0.821. The number of nitrogens with one attached hydrogen (secondary N) is 1. The summed E-state index contributed by atoms with van der Waals surface area (Å²) in [5.74, 6) is 1.64. The lowest BCUT2D eigenvalue weighted by Crippen LogP contribution is -2.06. The molecular formula is C71H44N6. The Morgan fingerprint density at radius 1 is 0.260 bits per heavy atom. The molecule has 0 spiro atoms. The number of aromatic nitrogens is 6. The molecule has 77 heavy (non-hydrogen) atoms. The van der Waals surface area contributed by atoms with Crippen molar-refractivity contribution >= 4 is 109 Å². The molecule has 1 N–H and O–H groups in total. The number of hydrogen-bond acceptors (Lipinski definition) is 1. The van der Waals surface area contributed by atoms with E-state index >= 15 is 0 Å². The predicted octanol–water partition coefficient (Wildman–Crippen LogP) is 18.4. The van der Waals surface area contributed by atoms with Crippen LogP contribution in [0, 0.1) is 0 Å². The lowest BCUT2D eigenvalue weighted by atomic mass is 9.94. The Bertz CT molecular complexity index is 5220. The molecule has 0 saturated heterocycles. The van der Waals surface area contributed by atoms with Crippen LogP contribution in [-0.4, -0.2) is 28.2 Å². The maximum absolute atomic E-state index is 6.00. The van der Waals surface area contributed by atoms with Crippen LogP contribution in [0.15, 0.2) is 261 Å². The van der Waals surface area contributed by atoms with E-state index in [0.29, 0.717) is 0 Å². The van der Waals surface area contributed by atoms with E-state index in [-0.39, 0.29) is 0 Å². The van der Waals surface area contributed by atoms with E-state index in [4.69, 9.17) is 4.98 Å². The van der Waals surface area contributed by atoms with Crippen LogP contribution in [0.25, 0.3) is 154 Å². The van der Waals surface area contributed by atoms with E-state index in [1.807, 2.05) is 0 Å². The summed E-state index contributed by atoms with van der Waals surface area (Å²) >= 11 is 0. The van der Waals surface area contributed by atoms with E-state index in [9.17, 15) is 0 Å². The van der Waals surface area contributed by atoms with Gasteiger partial charge in [-0.1, -0.05) is 188 Å². The van der Waals surface area contributed by atoms with Gasteiger partial charge in [0.1, 0.15) is 11.6 Å². The Morgan fingerprint density at radius 3 is 1.27 bits per heavy atom. The molecule has 6 heteroatoms. The maximum Gasteiger partial charge on any atom is 0.140 e. The summed E-state index contributed by atoms with van der Waals surface area (Å²) in [6.07, 6.45) is 0. The summed E-state index contributed by atoms with van der Waals surface area (Å²) in [5, 5.41) is 11.9. The summed E-state index contributed by atoms with van der Waals surface area (Å²) in [7, 11) is 0. The van der Waals surface area contributed by atoms with Gasteiger partial charge >= 0.3 is 0 Å². The number of pyridine rings is 1. The van der Waals surface area contributed by atoms with Gasteiger partial charge in [0, 0.05) is 70.8 Å². The quantitative estimate of drug-likeness (QED) is 0.177. The van der Waals surface area contributed by atoms with Crippen molar-refractivity contribution in [1.82, 2.24) is 28.2 Å². The number of H-pyrrole nitrogens is 1. The number of benzene rings is 11. The van der Waals surface area contributed by atoms with Gasteiger partial charge in [-0.2, -0.15) is 0 Å². The molecule has 0 aliphatic carbocycles. The van der Waals surface area contributed by atoms with Crippen LogP contribution in [0.4, 0.5) is 0 Å². The van der Waals surface area contributed by atoms with Crippen molar-refractivity contribution in [2.75, 3.05) is 0 Å². The first-order valence-electron chi connectivity index (χ1n) is 26.4. The Morgan fingerprint density at radius 2 is 0.688 bits per heavy atom. The summed E-state index contributed by atoms with van der Waals surface area (Å²) in [5.41, 5.74) is 17.8. The molecule has 358 valence electrons. The molecule has 0 saturated carbocycles. The number of aromatic amines is 1. The van der Waals surface area contributed by atoms with Crippen molar-refractivity contribution in [2.45, 2.75) is 0 Å². The molecule has 0 atom stereocenters. The SMILES string of the molecule is c1ccc(-c2cc(-n3c4ccccc4c4ccccc43)ccc2-c2cc(-n3c4ccccc4c4ccc5c6ccccc6[nH]c5c43)nc(-n3c4ccccc4c4ccc5c6ccccc6n(-c6ccccc6)c5c43)c2)cc1. The predicted molar refractivity (Wildman–Crippen MR) is 322 cm³/mol. The fourth-order valence-corrected chi connectivity index (χ4v) is 13.1. The monoisotopic (exact) mass is 980 g/mol. The van der Waals surface area contributed by atoms with Gasteiger partial charge in [-0.05, 0) is 95.1 Å². The molecule has 6 nitrogen and oxygen atoms in total. The number of rotatable bonds is 6. The van der Waals surface area contributed by atoms with Gasteiger partial charge in [0.25, 0.3) is 0 Å². The van der Waals surface area contributed by atoms with Crippen molar-refractivity contribution in [1.29, 1.82) is 0 Å². The molecule has 0 aliphatic rings. The molecule has 0 unspecified atom stereocenters.